The highest BCUT2D eigenvalue weighted by Crippen LogP contribution is 2.47. The third-order valence-corrected chi connectivity index (χ3v) is 4.66. The number of hydrogen-bond acceptors (Lipinski definition) is 2. The number of halogens is 2. The molecule has 0 radical (unpaired) electrons. The molecule has 0 spiro atoms. The van der Waals surface area contributed by atoms with E-state index in [0.717, 1.165) is 11.1 Å². The molecule has 0 saturated heterocycles. The molecule has 1 aliphatic rings. The third kappa shape index (κ3) is 3.82. The van der Waals surface area contributed by atoms with Crippen LogP contribution in [0.4, 0.5) is 10.1 Å². The van der Waals surface area contributed by atoms with Crippen molar-refractivity contribution >= 4 is 29.1 Å². The van der Waals surface area contributed by atoms with Crippen molar-refractivity contribution in [3.8, 4) is 0 Å². The van der Waals surface area contributed by atoms with Crippen LogP contribution in [0.1, 0.15) is 24.0 Å². The Hall–Kier alpha value is -2.40. The summed E-state index contributed by atoms with van der Waals surface area (Å²) < 4.78 is 13.2. The van der Waals surface area contributed by atoms with E-state index in [0.29, 0.717) is 25.1 Å². The molecule has 6 heteroatoms. The van der Waals surface area contributed by atoms with E-state index in [9.17, 15) is 14.0 Å². The van der Waals surface area contributed by atoms with Crippen LogP contribution in [0.15, 0.2) is 42.5 Å². The average Bonchev–Trinajstić information content (AvgIpc) is 3.39. The van der Waals surface area contributed by atoms with E-state index in [4.69, 9.17) is 11.6 Å². The van der Waals surface area contributed by atoms with Crippen molar-refractivity contribution in [3.63, 3.8) is 0 Å². The molecule has 0 aliphatic heterocycles. The second-order valence-electron chi connectivity index (χ2n) is 6.33. The van der Waals surface area contributed by atoms with Crippen molar-refractivity contribution in [1.82, 2.24) is 5.32 Å². The van der Waals surface area contributed by atoms with Crippen molar-refractivity contribution in [1.29, 1.82) is 0 Å². The van der Waals surface area contributed by atoms with E-state index in [2.05, 4.69) is 10.6 Å². The Morgan fingerprint density at radius 2 is 1.80 bits per heavy atom. The first-order chi connectivity index (χ1) is 11.9. The molecule has 0 unspecified atom stereocenters. The highest BCUT2D eigenvalue weighted by atomic mass is 35.5. The fraction of sp³-hybridized carbons (Fsp3) is 0.263. The molecule has 130 valence electrons. The van der Waals surface area contributed by atoms with Crippen molar-refractivity contribution in [2.45, 2.75) is 26.3 Å². The van der Waals surface area contributed by atoms with Gasteiger partial charge in [0.2, 0.25) is 11.8 Å². The van der Waals surface area contributed by atoms with Gasteiger partial charge in [0.15, 0.2) is 0 Å². The summed E-state index contributed by atoms with van der Waals surface area (Å²) in [5, 5.41) is 5.39. The number of hydrogen-bond donors (Lipinski definition) is 2. The molecular formula is C19H18ClFN2O2. The van der Waals surface area contributed by atoms with Crippen LogP contribution in [0, 0.1) is 18.2 Å². The van der Waals surface area contributed by atoms with Gasteiger partial charge >= 0.3 is 0 Å². The maximum atomic E-state index is 13.2. The molecule has 4 nitrogen and oxygen atoms in total. The first-order valence-corrected chi connectivity index (χ1v) is 8.39. The van der Waals surface area contributed by atoms with E-state index >= 15 is 0 Å². The van der Waals surface area contributed by atoms with E-state index < -0.39 is 17.1 Å². The van der Waals surface area contributed by atoms with Crippen LogP contribution >= 0.6 is 11.6 Å². The minimum Gasteiger partial charge on any atom is -0.351 e. The number of carbonyl (C=O) groups is 2. The molecular weight excluding hydrogens is 343 g/mol. The number of rotatable bonds is 5. The predicted molar refractivity (Wildman–Crippen MR) is 94.7 cm³/mol. The van der Waals surface area contributed by atoms with Crippen LogP contribution in [0.2, 0.25) is 5.02 Å². The highest BCUT2D eigenvalue weighted by molar-refractivity contribution is 6.31. The Morgan fingerprint density at radius 3 is 2.40 bits per heavy atom. The minimum atomic E-state index is -1.05. The lowest BCUT2D eigenvalue weighted by Crippen LogP contribution is -2.39. The zero-order chi connectivity index (χ0) is 18.0. The summed E-state index contributed by atoms with van der Waals surface area (Å²) >= 11 is 5.71. The smallest absolute Gasteiger partial charge is 0.240 e. The first-order valence-electron chi connectivity index (χ1n) is 8.01. The average molecular weight is 361 g/mol. The second kappa shape index (κ2) is 6.84. The summed E-state index contributed by atoms with van der Waals surface area (Å²) in [6, 6.07) is 11.7. The van der Waals surface area contributed by atoms with E-state index in [1.807, 2.05) is 31.2 Å². The molecule has 2 aromatic rings. The molecule has 0 heterocycles. The van der Waals surface area contributed by atoms with Gasteiger partial charge in [-0.1, -0.05) is 41.4 Å². The largest absolute Gasteiger partial charge is 0.351 e. The normalized spacial score (nSPS) is 14.7. The summed E-state index contributed by atoms with van der Waals surface area (Å²) in [6.07, 6.45) is 0.987. The molecule has 3 rings (SSSR count). The van der Waals surface area contributed by atoms with Crippen molar-refractivity contribution < 1.29 is 14.0 Å². The van der Waals surface area contributed by atoms with Crippen LogP contribution in [0.3, 0.4) is 0 Å². The lowest BCUT2D eigenvalue weighted by atomic mass is 10.0. The van der Waals surface area contributed by atoms with Gasteiger partial charge in [-0.15, -0.1) is 0 Å². The van der Waals surface area contributed by atoms with Gasteiger partial charge in [-0.2, -0.15) is 0 Å². The lowest BCUT2D eigenvalue weighted by Gasteiger charge is -2.16. The zero-order valence-electron chi connectivity index (χ0n) is 13.7. The van der Waals surface area contributed by atoms with Crippen LogP contribution in [0.25, 0.3) is 0 Å². The number of nitrogens with one attached hydrogen (secondary N) is 2. The minimum absolute atomic E-state index is 0.0773. The number of carbonyl (C=O) groups excluding carboxylic acids is 2. The molecule has 0 atom stereocenters. The maximum absolute atomic E-state index is 13.2. The summed E-state index contributed by atoms with van der Waals surface area (Å²) in [5.74, 6) is -1.24. The predicted octanol–water partition coefficient (Wildman–Crippen LogP) is 3.82. The fourth-order valence-corrected chi connectivity index (χ4v) is 2.74. The SMILES string of the molecule is Cc1ccc(CNC(=O)C2(C(=O)Nc3ccc(F)c(Cl)c3)CC2)cc1. The van der Waals surface area contributed by atoms with Gasteiger partial charge in [-0.05, 0) is 43.5 Å². The fourth-order valence-electron chi connectivity index (χ4n) is 2.56. The summed E-state index contributed by atoms with van der Waals surface area (Å²) in [4.78, 5) is 24.9. The number of aryl methyl sites for hydroxylation is 1. The van der Waals surface area contributed by atoms with Gasteiger partial charge in [-0.3, -0.25) is 9.59 Å². The van der Waals surface area contributed by atoms with Crippen LogP contribution < -0.4 is 10.6 Å². The van der Waals surface area contributed by atoms with Crippen LogP contribution in [0.5, 0.6) is 0 Å². The Kier molecular flexibility index (Phi) is 4.77. The number of anilines is 1. The van der Waals surface area contributed by atoms with E-state index in [-0.39, 0.29) is 10.9 Å². The zero-order valence-corrected chi connectivity index (χ0v) is 14.5. The summed E-state index contributed by atoms with van der Waals surface area (Å²) in [7, 11) is 0. The lowest BCUT2D eigenvalue weighted by molar-refractivity contribution is -0.134. The van der Waals surface area contributed by atoms with Crippen LogP contribution in [-0.2, 0) is 16.1 Å². The van der Waals surface area contributed by atoms with Crippen molar-refractivity contribution in [2.75, 3.05) is 5.32 Å². The first kappa shape index (κ1) is 17.4. The van der Waals surface area contributed by atoms with Gasteiger partial charge in [0.25, 0.3) is 0 Å². The van der Waals surface area contributed by atoms with E-state index in [1.165, 1.54) is 18.2 Å². The van der Waals surface area contributed by atoms with Crippen LogP contribution in [-0.4, -0.2) is 11.8 Å². The standard InChI is InChI=1S/C19H18ClFN2O2/c1-12-2-4-13(5-3-12)11-22-17(24)19(8-9-19)18(25)23-14-6-7-16(21)15(20)10-14/h2-7,10H,8-9,11H2,1H3,(H,22,24)(H,23,25). The van der Waals surface area contributed by atoms with Crippen molar-refractivity contribution in [2.24, 2.45) is 5.41 Å². The van der Waals surface area contributed by atoms with Gasteiger partial charge in [0, 0.05) is 12.2 Å². The molecule has 1 aliphatic carbocycles. The monoisotopic (exact) mass is 360 g/mol. The van der Waals surface area contributed by atoms with Crippen molar-refractivity contribution in [3.05, 3.63) is 64.4 Å². The molecule has 1 saturated carbocycles. The molecule has 2 N–H and O–H groups in total. The van der Waals surface area contributed by atoms with Gasteiger partial charge in [0.05, 0.1) is 5.02 Å². The quantitative estimate of drug-likeness (QED) is 0.796. The number of benzene rings is 2. The molecule has 1 fully saturated rings. The maximum Gasteiger partial charge on any atom is 0.240 e. The molecule has 2 amide bonds. The molecule has 25 heavy (non-hydrogen) atoms. The topological polar surface area (TPSA) is 58.2 Å². The Labute approximate surface area is 150 Å². The summed E-state index contributed by atoms with van der Waals surface area (Å²) in [5.41, 5.74) is 1.44. The molecule has 0 aromatic heterocycles. The molecule has 0 bridgehead atoms. The molecule has 2 aromatic carbocycles. The third-order valence-electron chi connectivity index (χ3n) is 4.37. The Morgan fingerprint density at radius 1 is 1.12 bits per heavy atom. The second-order valence-corrected chi connectivity index (χ2v) is 6.74. The van der Waals surface area contributed by atoms with E-state index in [1.54, 1.807) is 0 Å². The summed E-state index contributed by atoms with van der Waals surface area (Å²) in [6.45, 7) is 2.37. The Bertz CT molecular complexity index is 817. The Balaban J connectivity index is 1.62. The highest BCUT2D eigenvalue weighted by Gasteiger charge is 2.56. The van der Waals surface area contributed by atoms with Gasteiger partial charge in [0.1, 0.15) is 11.2 Å². The van der Waals surface area contributed by atoms with Gasteiger partial charge in [-0.25, -0.2) is 4.39 Å². The number of amides is 2. The van der Waals surface area contributed by atoms with Gasteiger partial charge < -0.3 is 10.6 Å².